The van der Waals surface area contributed by atoms with Crippen molar-refractivity contribution in [1.29, 1.82) is 0 Å². The lowest BCUT2D eigenvalue weighted by Gasteiger charge is -2.29. The SMILES string of the molecule is O=C1N(CC2=CC=C(Cl)CS2)c2ccccc2C1(CO)c1cc(OCc2ccccc2)ccc1O. The van der Waals surface area contributed by atoms with Crippen molar-refractivity contribution >= 4 is 35.0 Å². The van der Waals surface area contributed by atoms with Gasteiger partial charge in [-0.25, -0.2) is 0 Å². The Labute approximate surface area is 213 Å². The maximum absolute atomic E-state index is 14.0. The number of allylic oxidation sites excluding steroid dienone is 2. The summed E-state index contributed by atoms with van der Waals surface area (Å²) in [5.41, 5.74) is 1.24. The third-order valence-electron chi connectivity index (χ3n) is 6.34. The lowest BCUT2D eigenvalue weighted by atomic mass is 9.75. The van der Waals surface area contributed by atoms with Crippen LogP contribution in [-0.4, -0.2) is 35.0 Å². The van der Waals surface area contributed by atoms with Crippen molar-refractivity contribution in [2.45, 2.75) is 12.0 Å². The number of halogens is 1. The Balaban J connectivity index is 1.53. The van der Waals surface area contributed by atoms with E-state index in [2.05, 4.69) is 0 Å². The monoisotopic (exact) mass is 505 g/mol. The number of phenolic OH excluding ortho intramolecular Hbond substituents is 1. The predicted octanol–water partition coefficient (Wildman–Crippen LogP) is 5.35. The van der Waals surface area contributed by atoms with Gasteiger partial charge in [0.25, 0.3) is 0 Å². The second-order valence-electron chi connectivity index (χ2n) is 8.46. The van der Waals surface area contributed by atoms with Gasteiger partial charge in [0, 0.05) is 26.9 Å². The molecule has 1 amide bonds. The fraction of sp³-hybridized carbons (Fsp3) is 0.179. The van der Waals surface area contributed by atoms with Gasteiger partial charge in [0.15, 0.2) is 0 Å². The molecule has 0 saturated heterocycles. The highest BCUT2D eigenvalue weighted by atomic mass is 35.5. The number of aromatic hydroxyl groups is 1. The number of fused-ring (bicyclic) bond motifs is 1. The van der Waals surface area contributed by atoms with Crippen molar-refractivity contribution in [3.63, 3.8) is 0 Å². The van der Waals surface area contributed by atoms with Crippen molar-refractivity contribution in [2.24, 2.45) is 0 Å². The molecule has 5 nitrogen and oxygen atoms in total. The predicted molar refractivity (Wildman–Crippen MR) is 140 cm³/mol. The van der Waals surface area contributed by atoms with Crippen molar-refractivity contribution in [1.82, 2.24) is 0 Å². The van der Waals surface area contributed by atoms with Crippen LogP contribution in [0.2, 0.25) is 0 Å². The first kappa shape index (κ1) is 23.5. The standard InChI is InChI=1S/C28H24ClNO4S/c29-20-10-12-22(35-17-20)15-30-25-9-5-4-8-23(25)28(18-31,27(30)33)24-14-21(11-13-26(24)32)34-16-19-6-2-1-3-7-19/h1-14,31-32H,15-18H2. The molecule has 3 aromatic rings. The lowest BCUT2D eigenvalue weighted by molar-refractivity contribution is -0.123. The van der Waals surface area contributed by atoms with Crippen LogP contribution in [0.3, 0.4) is 0 Å². The maximum Gasteiger partial charge on any atom is 0.245 e. The topological polar surface area (TPSA) is 70.0 Å². The van der Waals surface area contributed by atoms with Crippen LogP contribution < -0.4 is 9.64 Å². The summed E-state index contributed by atoms with van der Waals surface area (Å²) < 4.78 is 5.97. The summed E-state index contributed by atoms with van der Waals surface area (Å²) in [6.07, 6.45) is 3.76. The number of benzene rings is 3. The van der Waals surface area contributed by atoms with Gasteiger partial charge in [-0.3, -0.25) is 4.79 Å². The Morgan fingerprint density at radius 3 is 2.51 bits per heavy atom. The Kier molecular flexibility index (Phi) is 6.60. The number of carbonyl (C=O) groups excluding carboxylic acids is 1. The zero-order chi connectivity index (χ0) is 24.4. The van der Waals surface area contributed by atoms with Crippen LogP contribution in [0, 0.1) is 0 Å². The number of nitrogens with zero attached hydrogens (tertiary/aromatic N) is 1. The molecule has 178 valence electrons. The summed E-state index contributed by atoms with van der Waals surface area (Å²) >= 11 is 7.68. The van der Waals surface area contributed by atoms with Crippen molar-refractivity contribution in [2.75, 3.05) is 23.8 Å². The van der Waals surface area contributed by atoms with Gasteiger partial charge in [-0.05, 0) is 47.5 Å². The molecule has 3 aromatic carbocycles. The average Bonchev–Trinajstić information content (AvgIpc) is 3.13. The van der Waals surface area contributed by atoms with Crippen LogP contribution in [-0.2, 0) is 16.8 Å². The first-order valence-electron chi connectivity index (χ1n) is 11.2. The molecular formula is C28H24ClNO4S. The van der Waals surface area contributed by atoms with Crippen LogP contribution in [0.4, 0.5) is 5.69 Å². The van der Waals surface area contributed by atoms with E-state index in [1.165, 1.54) is 6.07 Å². The number of anilines is 1. The minimum Gasteiger partial charge on any atom is -0.508 e. The van der Waals surface area contributed by atoms with Crippen molar-refractivity contribution < 1.29 is 19.7 Å². The largest absolute Gasteiger partial charge is 0.508 e. The van der Waals surface area contributed by atoms with E-state index in [9.17, 15) is 15.0 Å². The lowest BCUT2D eigenvalue weighted by Crippen LogP contribution is -2.44. The highest BCUT2D eigenvalue weighted by Gasteiger charge is 2.53. The molecule has 2 N–H and O–H groups in total. The van der Waals surface area contributed by atoms with Gasteiger partial charge in [0.05, 0.1) is 13.2 Å². The summed E-state index contributed by atoms with van der Waals surface area (Å²) in [5, 5.41) is 22.4. The Morgan fingerprint density at radius 1 is 1.00 bits per heavy atom. The average molecular weight is 506 g/mol. The summed E-state index contributed by atoms with van der Waals surface area (Å²) in [6.45, 7) is 0.205. The molecule has 35 heavy (non-hydrogen) atoms. The van der Waals surface area contributed by atoms with Gasteiger partial charge >= 0.3 is 0 Å². The Bertz CT molecular complexity index is 1320. The van der Waals surface area contributed by atoms with E-state index in [-0.39, 0.29) is 11.7 Å². The molecule has 0 aromatic heterocycles. The molecule has 0 fully saturated rings. The number of carbonyl (C=O) groups is 1. The van der Waals surface area contributed by atoms with Crippen LogP contribution in [0.15, 0.2) is 94.9 Å². The summed E-state index contributed by atoms with van der Waals surface area (Å²) in [7, 11) is 0. The second-order valence-corrected chi connectivity index (χ2v) is 10.0. The molecule has 5 rings (SSSR count). The van der Waals surface area contributed by atoms with E-state index in [1.807, 2.05) is 66.7 Å². The third-order valence-corrected chi connectivity index (χ3v) is 7.85. The number of phenols is 1. The first-order valence-corrected chi connectivity index (χ1v) is 12.6. The number of amides is 1. The van der Waals surface area contributed by atoms with Crippen LogP contribution >= 0.6 is 23.4 Å². The van der Waals surface area contributed by atoms with Gasteiger partial charge in [-0.15, -0.1) is 11.8 Å². The van der Waals surface area contributed by atoms with Crippen LogP contribution in [0.25, 0.3) is 0 Å². The van der Waals surface area contributed by atoms with Gasteiger partial charge in [0.1, 0.15) is 23.5 Å². The zero-order valence-electron chi connectivity index (χ0n) is 18.9. The highest BCUT2D eigenvalue weighted by molar-refractivity contribution is 8.03. The van der Waals surface area contributed by atoms with E-state index in [0.717, 1.165) is 15.5 Å². The molecule has 2 heterocycles. The number of rotatable bonds is 7. The summed E-state index contributed by atoms with van der Waals surface area (Å²) in [6, 6.07) is 22.0. The van der Waals surface area contributed by atoms with Gasteiger partial charge in [0.2, 0.25) is 5.91 Å². The number of ether oxygens (including phenoxy) is 1. The van der Waals surface area contributed by atoms with Crippen molar-refractivity contribution in [3.8, 4) is 11.5 Å². The Hall–Kier alpha value is -3.19. The van der Waals surface area contributed by atoms with E-state index < -0.39 is 12.0 Å². The third kappa shape index (κ3) is 4.33. The molecule has 7 heteroatoms. The second kappa shape index (κ2) is 9.82. The number of thioether (sulfide) groups is 1. The number of aliphatic hydroxyl groups excluding tert-OH is 1. The summed E-state index contributed by atoms with van der Waals surface area (Å²) in [4.78, 5) is 16.7. The minimum absolute atomic E-state index is 0.0721. The first-order chi connectivity index (χ1) is 17.0. The number of hydrogen-bond donors (Lipinski definition) is 2. The van der Waals surface area contributed by atoms with Crippen LogP contribution in [0.1, 0.15) is 16.7 Å². The molecule has 2 aliphatic rings. The van der Waals surface area contributed by atoms with E-state index in [4.69, 9.17) is 16.3 Å². The number of para-hydroxylation sites is 1. The molecule has 0 saturated carbocycles. The number of hydrogen-bond acceptors (Lipinski definition) is 5. The smallest absolute Gasteiger partial charge is 0.245 e. The van der Waals surface area contributed by atoms with Crippen molar-refractivity contribution in [3.05, 3.63) is 112 Å². The quantitative estimate of drug-likeness (QED) is 0.453. The molecule has 0 aliphatic carbocycles. The van der Waals surface area contributed by atoms with E-state index >= 15 is 0 Å². The number of aliphatic hydroxyl groups is 1. The molecule has 0 radical (unpaired) electrons. The molecule has 1 atom stereocenters. The van der Waals surface area contributed by atoms with Crippen LogP contribution in [0.5, 0.6) is 11.5 Å². The van der Waals surface area contributed by atoms with E-state index in [0.29, 0.717) is 41.5 Å². The molecule has 1 unspecified atom stereocenters. The normalized spacial score (nSPS) is 19.3. The molecule has 0 spiro atoms. The minimum atomic E-state index is -1.44. The zero-order valence-corrected chi connectivity index (χ0v) is 20.4. The molecule has 2 aliphatic heterocycles. The molecular weight excluding hydrogens is 482 g/mol. The summed E-state index contributed by atoms with van der Waals surface area (Å²) in [5.74, 6) is 0.795. The van der Waals surface area contributed by atoms with Gasteiger partial charge in [-0.1, -0.05) is 60.1 Å². The van der Waals surface area contributed by atoms with Gasteiger partial charge in [-0.2, -0.15) is 0 Å². The van der Waals surface area contributed by atoms with E-state index in [1.54, 1.807) is 28.8 Å². The fourth-order valence-electron chi connectivity index (χ4n) is 4.56. The van der Waals surface area contributed by atoms with Gasteiger partial charge < -0.3 is 19.8 Å². The molecule has 0 bridgehead atoms. The highest BCUT2D eigenvalue weighted by Crippen LogP contribution is 2.49. The maximum atomic E-state index is 14.0. The fourth-order valence-corrected chi connectivity index (χ4v) is 5.59. The Morgan fingerprint density at radius 2 is 1.77 bits per heavy atom.